The average Bonchev–Trinajstić information content (AvgIpc) is 2.72. The zero-order valence-corrected chi connectivity index (χ0v) is 8.59. The molecule has 0 aromatic carbocycles. The first-order valence-corrected chi connectivity index (χ1v) is 5.18. The molecule has 2 aromatic rings. The lowest BCUT2D eigenvalue weighted by molar-refractivity contribution is 0.639. The van der Waals surface area contributed by atoms with Crippen LogP contribution in [0.25, 0.3) is 0 Å². The Morgan fingerprint density at radius 1 is 1.62 bits per heavy atom. The standard InChI is InChI=1S/C8H8ClN3S/c1-6(7-2-3-13-4-7)12-5-10-11-8(12)9/h2-6H,1H3. The van der Waals surface area contributed by atoms with Crippen LogP contribution in [-0.2, 0) is 0 Å². The van der Waals surface area contributed by atoms with Gasteiger partial charge in [-0.1, -0.05) is 0 Å². The Balaban J connectivity index is 2.33. The summed E-state index contributed by atoms with van der Waals surface area (Å²) >= 11 is 7.52. The molecular weight excluding hydrogens is 206 g/mol. The van der Waals surface area contributed by atoms with Crippen LogP contribution in [0.4, 0.5) is 0 Å². The molecule has 0 bridgehead atoms. The van der Waals surface area contributed by atoms with Gasteiger partial charge in [0, 0.05) is 0 Å². The minimum absolute atomic E-state index is 0.203. The highest BCUT2D eigenvalue weighted by atomic mass is 35.5. The van der Waals surface area contributed by atoms with E-state index in [1.807, 2.05) is 9.95 Å². The van der Waals surface area contributed by atoms with Crippen LogP contribution in [0.5, 0.6) is 0 Å². The van der Waals surface area contributed by atoms with E-state index in [2.05, 4.69) is 28.6 Å². The van der Waals surface area contributed by atoms with Crippen molar-refractivity contribution in [2.45, 2.75) is 13.0 Å². The van der Waals surface area contributed by atoms with Crippen molar-refractivity contribution in [3.8, 4) is 0 Å². The lowest BCUT2D eigenvalue weighted by Gasteiger charge is -2.10. The van der Waals surface area contributed by atoms with Crippen LogP contribution >= 0.6 is 22.9 Å². The third-order valence-electron chi connectivity index (χ3n) is 1.97. The van der Waals surface area contributed by atoms with E-state index in [1.165, 1.54) is 5.56 Å². The second-order valence-corrected chi connectivity index (χ2v) is 3.86. The highest BCUT2D eigenvalue weighted by Gasteiger charge is 2.11. The fourth-order valence-electron chi connectivity index (χ4n) is 1.16. The highest BCUT2D eigenvalue weighted by molar-refractivity contribution is 7.07. The number of hydrogen-bond acceptors (Lipinski definition) is 3. The molecule has 13 heavy (non-hydrogen) atoms. The lowest BCUT2D eigenvalue weighted by Crippen LogP contribution is -2.04. The Labute approximate surface area is 85.0 Å². The number of rotatable bonds is 2. The summed E-state index contributed by atoms with van der Waals surface area (Å²) in [6.45, 7) is 2.07. The molecule has 0 radical (unpaired) electrons. The van der Waals surface area contributed by atoms with Crippen LogP contribution in [-0.4, -0.2) is 14.8 Å². The van der Waals surface area contributed by atoms with Crippen molar-refractivity contribution in [1.29, 1.82) is 0 Å². The molecule has 0 aliphatic rings. The molecule has 2 rings (SSSR count). The third-order valence-corrected chi connectivity index (χ3v) is 2.94. The molecule has 68 valence electrons. The first-order chi connectivity index (χ1) is 6.29. The monoisotopic (exact) mass is 213 g/mol. The largest absolute Gasteiger partial charge is 0.297 e. The predicted molar refractivity (Wildman–Crippen MR) is 53.2 cm³/mol. The lowest BCUT2D eigenvalue weighted by atomic mass is 10.2. The minimum Gasteiger partial charge on any atom is -0.297 e. The van der Waals surface area contributed by atoms with Crippen molar-refractivity contribution in [1.82, 2.24) is 14.8 Å². The van der Waals surface area contributed by atoms with Gasteiger partial charge in [-0.2, -0.15) is 11.3 Å². The fourth-order valence-corrected chi connectivity index (χ4v) is 2.14. The quantitative estimate of drug-likeness (QED) is 0.768. The zero-order valence-electron chi connectivity index (χ0n) is 7.01. The van der Waals surface area contributed by atoms with Gasteiger partial charge in [0.15, 0.2) is 0 Å². The van der Waals surface area contributed by atoms with E-state index in [0.29, 0.717) is 5.28 Å². The van der Waals surface area contributed by atoms with Gasteiger partial charge in [0.25, 0.3) is 0 Å². The summed E-state index contributed by atoms with van der Waals surface area (Å²) in [5.74, 6) is 0. The van der Waals surface area contributed by atoms with E-state index >= 15 is 0 Å². The van der Waals surface area contributed by atoms with Crippen molar-refractivity contribution in [3.63, 3.8) is 0 Å². The van der Waals surface area contributed by atoms with E-state index in [4.69, 9.17) is 11.6 Å². The normalized spacial score (nSPS) is 13.1. The van der Waals surface area contributed by atoms with Crippen LogP contribution in [0, 0.1) is 0 Å². The summed E-state index contributed by atoms with van der Waals surface area (Å²) in [5, 5.41) is 12.0. The van der Waals surface area contributed by atoms with Crippen LogP contribution in [0.1, 0.15) is 18.5 Å². The Kier molecular flexibility index (Phi) is 2.33. The van der Waals surface area contributed by atoms with Crippen LogP contribution in [0.15, 0.2) is 23.2 Å². The average molecular weight is 214 g/mol. The first kappa shape index (κ1) is 8.72. The SMILES string of the molecule is CC(c1ccsc1)n1cnnc1Cl. The Bertz CT molecular complexity index is 382. The molecule has 2 aromatic heterocycles. The Morgan fingerprint density at radius 3 is 3.00 bits per heavy atom. The predicted octanol–water partition coefficient (Wildman–Crippen LogP) is 2.60. The van der Waals surface area contributed by atoms with Crippen LogP contribution in [0.3, 0.4) is 0 Å². The number of nitrogens with zero attached hydrogens (tertiary/aromatic N) is 3. The topological polar surface area (TPSA) is 30.7 Å². The molecule has 0 saturated heterocycles. The third kappa shape index (κ3) is 1.59. The molecule has 1 unspecified atom stereocenters. The summed E-state index contributed by atoms with van der Waals surface area (Å²) in [7, 11) is 0. The Morgan fingerprint density at radius 2 is 2.46 bits per heavy atom. The zero-order chi connectivity index (χ0) is 9.26. The van der Waals surface area contributed by atoms with Gasteiger partial charge in [-0.3, -0.25) is 4.57 Å². The van der Waals surface area contributed by atoms with Crippen molar-refractivity contribution >= 4 is 22.9 Å². The van der Waals surface area contributed by atoms with Crippen LogP contribution in [0.2, 0.25) is 5.28 Å². The minimum atomic E-state index is 0.203. The maximum Gasteiger partial charge on any atom is 0.225 e. The van der Waals surface area contributed by atoms with E-state index < -0.39 is 0 Å². The molecule has 2 heterocycles. The number of hydrogen-bond donors (Lipinski definition) is 0. The molecule has 0 aliphatic carbocycles. The fraction of sp³-hybridized carbons (Fsp3) is 0.250. The summed E-state index contributed by atoms with van der Waals surface area (Å²) < 4.78 is 1.84. The van der Waals surface area contributed by atoms with Crippen molar-refractivity contribution in [3.05, 3.63) is 34.0 Å². The van der Waals surface area contributed by atoms with Crippen molar-refractivity contribution < 1.29 is 0 Å². The molecular formula is C8H8ClN3S. The number of thiophene rings is 1. The summed E-state index contributed by atoms with van der Waals surface area (Å²) in [4.78, 5) is 0. The van der Waals surface area contributed by atoms with Gasteiger partial charge < -0.3 is 0 Å². The van der Waals surface area contributed by atoms with Gasteiger partial charge in [0.05, 0.1) is 6.04 Å². The Hall–Kier alpha value is -0.870. The smallest absolute Gasteiger partial charge is 0.225 e. The maximum atomic E-state index is 5.84. The summed E-state index contributed by atoms with van der Waals surface area (Å²) in [5.41, 5.74) is 1.23. The van der Waals surface area contributed by atoms with Crippen molar-refractivity contribution in [2.24, 2.45) is 0 Å². The summed E-state index contributed by atoms with van der Waals surface area (Å²) in [6, 6.07) is 2.28. The highest BCUT2D eigenvalue weighted by Crippen LogP contribution is 2.22. The van der Waals surface area contributed by atoms with E-state index in [1.54, 1.807) is 17.7 Å². The van der Waals surface area contributed by atoms with Gasteiger partial charge in [0.2, 0.25) is 5.28 Å². The molecule has 0 aliphatic heterocycles. The molecule has 0 amide bonds. The van der Waals surface area contributed by atoms with E-state index in [9.17, 15) is 0 Å². The molecule has 0 spiro atoms. The van der Waals surface area contributed by atoms with Crippen LogP contribution < -0.4 is 0 Å². The van der Waals surface area contributed by atoms with Gasteiger partial charge in [-0.25, -0.2) is 0 Å². The molecule has 5 heteroatoms. The van der Waals surface area contributed by atoms with Gasteiger partial charge in [-0.15, -0.1) is 10.2 Å². The van der Waals surface area contributed by atoms with Crippen molar-refractivity contribution in [2.75, 3.05) is 0 Å². The van der Waals surface area contributed by atoms with E-state index in [-0.39, 0.29) is 6.04 Å². The number of aromatic nitrogens is 3. The molecule has 0 saturated carbocycles. The van der Waals surface area contributed by atoms with Gasteiger partial charge in [-0.05, 0) is 40.9 Å². The molecule has 1 atom stereocenters. The molecule has 3 nitrogen and oxygen atoms in total. The molecule has 0 fully saturated rings. The molecule has 0 N–H and O–H groups in total. The van der Waals surface area contributed by atoms with Gasteiger partial charge >= 0.3 is 0 Å². The maximum absolute atomic E-state index is 5.84. The first-order valence-electron chi connectivity index (χ1n) is 3.86. The second-order valence-electron chi connectivity index (χ2n) is 2.74. The second kappa shape index (κ2) is 3.47. The number of halogens is 1. The van der Waals surface area contributed by atoms with Gasteiger partial charge in [0.1, 0.15) is 6.33 Å². The summed E-state index contributed by atoms with van der Waals surface area (Å²) in [6.07, 6.45) is 1.64. The van der Waals surface area contributed by atoms with E-state index in [0.717, 1.165) is 0 Å².